The normalized spacial score (nSPS) is 16.5. The maximum Gasteiger partial charge on any atom is 0.340 e. The molecule has 1 aromatic carbocycles. The Morgan fingerprint density at radius 3 is 2.75 bits per heavy atom. The Hall–Kier alpha value is -3.40. The summed E-state index contributed by atoms with van der Waals surface area (Å²) in [4.78, 5) is 24.1. The standard InChI is InChI=1S/C21H19ClF2N4O4/c1-3-31-19(29)13-10-28-18(11(13)2)16(6-7-25-28)32-12-4-5-15(14(22)8-12)26-20(30)27-17-9-21(17,23)24/h4-8,10,17H,3,9H2,1-2H3,(H2,26,27,30). The van der Waals surface area contributed by atoms with Gasteiger partial charge in [-0.25, -0.2) is 22.9 Å². The van der Waals surface area contributed by atoms with E-state index in [-0.39, 0.29) is 23.7 Å². The van der Waals surface area contributed by atoms with E-state index in [4.69, 9.17) is 21.1 Å². The summed E-state index contributed by atoms with van der Waals surface area (Å²) < 4.78 is 38.4. The van der Waals surface area contributed by atoms with Crippen LogP contribution in [0.1, 0.15) is 29.3 Å². The number of fused-ring (bicyclic) bond motifs is 1. The smallest absolute Gasteiger partial charge is 0.340 e. The lowest BCUT2D eigenvalue weighted by atomic mass is 10.2. The van der Waals surface area contributed by atoms with Gasteiger partial charge in [0.25, 0.3) is 5.92 Å². The van der Waals surface area contributed by atoms with Crippen molar-refractivity contribution in [1.29, 1.82) is 0 Å². The Morgan fingerprint density at radius 2 is 2.09 bits per heavy atom. The summed E-state index contributed by atoms with van der Waals surface area (Å²) in [5, 5.41) is 8.99. The summed E-state index contributed by atoms with van der Waals surface area (Å²) in [6.07, 6.45) is 2.71. The number of urea groups is 1. The number of esters is 1. The molecule has 1 atom stereocenters. The second-order valence-electron chi connectivity index (χ2n) is 7.24. The second-order valence-corrected chi connectivity index (χ2v) is 7.64. The van der Waals surface area contributed by atoms with E-state index in [2.05, 4.69) is 15.7 Å². The summed E-state index contributed by atoms with van der Waals surface area (Å²) in [6, 6.07) is 4.24. The molecule has 0 spiro atoms. The van der Waals surface area contributed by atoms with E-state index in [0.29, 0.717) is 28.1 Å². The highest BCUT2D eigenvalue weighted by atomic mass is 35.5. The number of anilines is 1. The number of hydrogen-bond donors (Lipinski definition) is 2. The van der Waals surface area contributed by atoms with Crippen molar-refractivity contribution < 1.29 is 27.8 Å². The average molecular weight is 465 g/mol. The molecule has 2 aromatic heterocycles. The molecule has 1 unspecified atom stereocenters. The third kappa shape index (κ3) is 4.31. The number of carbonyl (C=O) groups excluding carboxylic acids is 2. The summed E-state index contributed by atoms with van der Waals surface area (Å²) in [5.74, 6) is -2.53. The van der Waals surface area contributed by atoms with Crippen molar-refractivity contribution in [1.82, 2.24) is 14.9 Å². The summed E-state index contributed by atoms with van der Waals surface area (Å²) >= 11 is 6.23. The summed E-state index contributed by atoms with van der Waals surface area (Å²) in [7, 11) is 0. The fourth-order valence-corrected chi connectivity index (χ4v) is 3.41. The number of aryl methyl sites for hydroxylation is 1. The van der Waals surface area contributed by atoms with Gasteiger partial charge in [-0.05, 0) is 31.5 Å². The number of benzene rings is 1. The van der Waals surface area contributed by atoms with E-state index in [1.807, 2.05) is 0 Å². The summed E-state index contributed by atoms with van der Waals surface area (Å²) in [5.41, 5.74) is 1.84. The lowest BCUT2D eigenvalue weighted by Crippen LogP contribution is -2.33. The Labute approximate surface area is 186 Å². The predicted molar refractivity (Wildman–Crippen MR) is 113 cm³/mol. The Morgan fingerprint density at radius 1 is 1.34 bits per heavy atom. The minimum absolute atomic E-state index is 0.157. The van der Waals surface area contributed by atoms with Gasteiger partial charge in [-0.1, -0.05) is 11.6 Å². The molecule has 11 heteroatoms. The number of rotatable bonds is 6. The minimum atomic E-state index is -2.86. The maximum atomic E-state index is 12.9. The highest BCUT2D eigenvalue weighted by Gasteiger charge is 2.57. The topological polar surface area (TPSA) is 94.0 Å². The van der Waals surface area contributed by atoms with Crippen LogP contribution in [0.3, 0.4) is 0 Å². The first-order chi connectivity index (χ1) is 15.2. The third-order valence-electron chi connectivity index (χ3n) is 4.93. The molecule has 1 saturated carbocycles. The van der Waals surface area contributed by atoms with Crippen molar-refractivity contribution in [2.24, 2.45) is 0 Å². The fraction of sp³-hybridized carbons (Fsp3) is 0.286. The molecule has 168 valence electrons. The number of hydrogen-bond acceptors (Lipinski definition) is 5. The van der Waals surface area contributed by atoms with Crippen molar-refractivity contribution >= 4 is 34.8 Å². The van der Waals surface area contributed by atoms with E-state index < -0.39 is 24.0 Å². The van der Waals surface area contributed by atoms with Gasteiger partial charge >= 0.3 is 12.0 Å². The quantitative estimate of drug-likeness (QED) is 0.511. The Bertz CT molecular complexity index is 1210. The van der Waals surface area contributed by atoms with Gasteiger partial charge in [0.1, 0.15) is 17.3 Å². The maximum absolute atomic E-state index is 12.9. The number of nitrogens with one attached hydrogen (secondary N) is 2. The molecule has 32 heavy (non-hydrogen) atoms. The van der Waals surface area contributed by atoms with Crippen molar-refractivity contribution in [2.45, 2.75) is 32.2 Å². The predicted octanol–water partition coefficient (Wildman–Crippen LogP) is 4.79. The van der Waals surface area contributed by atoms with Crippen molar-refractivity contribution in [3.63, 3.8) is 0 Å². The molecule has 2 amide bonds. The second kappa shape index (κ2) is 8.27. The molecule has 2 N–H and O–H groups in total. The molecule has 1 aliphatic carbocycles. The van der Waals surface area contributed by atoms with E-state index >= 15 is 0 Å². The van der Waals surface area contributed by atoms with Crippen LogP contribution in [0.2, 0.25) is 5.02 Å². The molecule has 0 aliphatic heterocycles. The highest BCUT2D eigenvalue weighted by Crippen LogP contribution is 2.41. The molecule has 1 aliphatic rings. The number of nitrogens with zero attached hydrogens (tertiary/aromatic N) is 2. The van der Waals surface area contributed by atoms with Crippen molar-refractivity contribution in [2.75, 3.05) is 11.9 Å². The third-order valence-corrected chi connectivity index (χ3v) is 5.25. The first-order valence-electron chi connectivity index (χ1n) is 9.76. The Kier molecular flexibility index (Phi) is 5.64. The van der Waals surface area contributed by atoms with E-state index in [1.165, 1.54) is 22.8 Å². The van der Waals surface area contributed by atoms with E-state index in [0.717, 1.165) is 0 Å². The van der Waals surface area contributed by atoms with Gasteiger partial charge in [-0.3, -0.25) is 0 Å². The zero-order valence-corrected chi connectivity index (χ0v) is 17.9. The molecule has 0 bridgehead atoms. The zero-order chi connectivity index (χ0) is 23.0. The molecule has 0 radical (unpaired) electrons. The number of aromatic nitrogens is 2. The van der Waals surface area contributed by atoms with E-state index in [9.17, 15) is 18.4 Å². The van der Waals surface area contributed by atoms with Gasteiger partial charge in [0, 0.05) is 24.8 Å². The van der Waals surface area contributed by atoms with Gasteiger partial charge in [-0.2, -0.15) is 5.10 Å². The van der Waals surface area contributed by atoms with Crippen molar-refractivity contribution in [3.05, 3.63) is 52.8 Å². The lowest BCUT2D eigenvalue weighted by molar-refractivity contribution is 0.0525. The number of carbonyl (C=O) groups is 2. The SMILES string of the molecule is CCOC(=O)c1cn2nccc(Oc3ccc(NC(=O)NC4CC4(F)F)c(Cl)c3)c2c1C. The molecule has 8 nitrogen and oxygen atoms in total. The van der Waals surface area contributed by atoms with Crippen LogP contribution in [-0.2, 0) is 4.74 Å². The monoisotopic (exact) mass is 464 g/mol. The van der Waals surface area contributed by atoms with Crippen LogP contribution < -0.4 is 15.4 Å². The van der Waals surface area contributed by atoms with E-state index in [1.54, 1.807) is 32.2 Å². The van der Waals surface area contributed by atoms with Crippen LogP contribution in [-0.4, -0.2) is 40.2 Å². The molecular weight excluding hydrogens is 446 g/mol. The first-order valence-corrected chi connectivity index (χ1v) is 10.1. The molecule has 4 rings (SSSR count). The minimum Gasteiger partial charge on any atom is -0.462 e. The molecule has 1 fully saturated rings. The van der Waals surface area contributed by atoms with Gasteiger partial charge in [0.15, 0.2) is 5.75 Å². The highest BCUT2D eigenvalue weighted by molar-refractivity contribution is 6.33. The largest absolute Gasteiger partial charge is 0.462 e. The Balaban J connectivity index is 1.52. The molecule has 0 saturated heterocycles. The van der Waals surface area contributed by atoms with Gasteiger partial charge in [0.05, 0.1) is 29.1 Å². The average Bonchev–Trinajstić information content (AvgIpc) is 3.16. The number of alkyl halides is 2. The summed E-state index contributed by atoms with van der Waals surface area (Å²) in [6.45, 7) is 3.74. The van der Waals surface area contributed by atoms with Crippen LogP contribution in [0.15, 0.2) is 36.7 Å². The van der Waals surface area contributed by atoms with Crippen LogP contribution in [0, 0.1) is 6.92 Å². The number of halogens is 3. The van der Waals surface area contributed by atoms with Gasteiger partial charge < -0.3 is 20.1 Å². The zero-order valence-electron chi connectivity index (χ0n) is 17.1. The lowest BCUT2D eigenvalue weighted by Gasteiger charge is -2.12. The van der Waals surface area contributed by atoms with Gasteiger partial charge in [-0.15, -0.1) is 0 Å². The number of ether oxygens (including phenoxy) is 2. The number of amides is 2. The first kappa shape index (κ1) is 21.8. The molecule has 3 aromatic rings. The fourth-order valence-electron chi connectivity index (χ4n) is 3.19. The molecular formula is C21H19ClF2N4O4. The van der Waals surface area contributed by atoms with Crippen molar-refractivity contribution in [3.8, 4) is 11.5 Å². The molecule has 2 heterocycles. The van der Waals surface area contributed by atoms with Crippen LogP contribution in [0.25, 0.3) is 5.52 Å². The van der Waals surface area contributed by atoms with Crippen LogP contribution in [0.5, 0.6) is 11.5 Å². The van der Waals surface area contributed by atoms with Gasteiger partial charge in [0.2, 0.25) is 0 Å². The van der Waals surface area contributed by atoms with Crippen LogP contribution >= 0.6 is 11.6 Å². The van der Waals surface area contributed by atoms with Crippen LogP contribution in [0.4, 0.5) is 19.3 Å².